The van der Waals surface area contributed by atoms with Crippen molar-refractivity contribution >= 4 is 5.96 Å². The molecule has 0 atom stereocenters. The summed E-state index contributed by atoms with van der Waals surface area (Å²) in [5.74, 6) is 2.65. The van der Waals surface area contributed by atoms with Crippen molar-refractivity contribution in [1.29, 1.82) is 0 Å². The summed E-state index contributed by atoms with van der Waals surface area (Å²) in [6.07, 6.45) is 2.64. The highest BCUT2D eigenvalue weighted by Crippen LogP contribution is 2.25. The second kappa shape index (κ2) is 9.22. The second-order valence-corrected chi connectivity index (χ2v) is 6.76. The first kappa shape index (κ1) is 19.8. The molecule has 2 rings (SSSR count). The van der Waals surface area contributed by atoms with Gasteiger partial charge in [-0.15, -0.1) is 10.2 Å². The molecule has 0 amide bonds. The van der Waals surface area contributed by atoms with Crippen LogP contribution in [0.1, 0.15) is 32.2 Å². The van der Waals surface area contributed by atoms with Gasteiger partial charge in [0, 0.05) is 38.5 Å². The first-order chi connectivity index (χ1) is 12.5. The van der Waals surface area contributed by atoms with Crippen LogP contribution in [-0.4, -0.2) is 48.0 Å². The Kier molecular flexibility index (Phi) is 7.00. The van der Waals surface area contributed by atoms with Crippen molar-refractivity contribution in [1.82, 2.24) is 25.4 Å². The normalized spacial score (nSPS) is 12.1. The number of hydrogen-bond acceptors (Lipinski definition) is 4. The predicted molar refractivity (Wildman–Crippen MR) is 105 cm³/mol. The summed E-state index contributed by atoms with van der Waals surface area (Å²) in [4.78, 5) is 4.31. The number of rotatable bonds is 8. The lowest BCUT2D eigenvalue weighted by molar-refractivity contribution is 0.411. The van der Waals surface area contributed by atoms with Crippen LogP contribution in [0.15, 0.2) is 35.6 Å². The van der Waals surface area contributed by atoms with Gasteiger partial charge < -0.3 is 19.9 Å². The molecule has 1 aromatic carbocycles. The summed E-state index contributed by atoms with van der Waals surface area (Å²) in [5.41, 5.74) is 1.16. The Hall–Kier alpha value is -2.57. The number of benzene rings is 1. The van der Waals surface area contributed by atoms with Crippen molar-refractivity contribution in [3.05, 3.63) is 42.0 Å². The standard InChI is InChI=1S/C19H30N6O/c1-6-17-24-23-14-25(17)11-10-21-18(20-4)22-13-19(2,3)15-8-7-9-16(12-15)26-5/h7-9,12,14H,6,10-11,13H2,1-5H3,(H2,20,21,22). The van der Waals surface area contributed by atoms with Crippen LogP contribution in [0.25, 0.3) is 0 Å². The Morgan fingerprint density at radius 1 is 1.31 bits per heavy atom. The third-order valence-electron chi connectivity index (χ3n) is 4.43. The van der Waals surface area contributed by atoms with Crippen LogP contribution >= 0.6 is 0 Å². The Morgan fingerprint density at radius 2 is 2.12 bits per heavy atom. The zero-order chi connectivity index (χ0) is 19.0. The molecule has 1 heterocycles. The molecular weight excluding hydrogens is 328 g/mol. The molecule has 0 bridgehead atoms. The molecule has 0 fully saturated rings. The first-order valence-electron chi connectivity index (χ1n) is 8.96. The third kappa shape index (κ3) is 5.21. The number of guanidine groups is 1. The van der Waals surface area contributed by atoms with E-state index in [1.165, 1.54) is 5.56 Å². The van der Waals surface area contributed by atoms with Crippen LogP contribution < -0.4 is 15.4 Å². The van der Waals surface area contributed by atoms with E-state index >= 15 is 0 Å². The monoisotopic (exact) mass is 358 g/mol. The minimum Gasteiger partial charge on any atom is -0.497 e. The van der Waals surface area contributed by atoms with Gasteiger partial charge in [0.1, 0.15) is 17.9 Å². The Bertz CT molecular complexity index is 722. The molecule has 1 aromatic heterocycles. The van der Waals surface area contributed by atoms with E-state index in [1.54, 1.807) is 20.5 Å². The average molecular weight is 358 g/mol. The van der Waals surface area contributed by atoms with Crippen molar-refractivity contribution in [2.45, 2.75) is 39.2 Å². The molecule has 0 saturated carbocycles. The van der Waals surface area contributed by atoms with Gasteiger partial charge in [-0.05, 0) is 17.7 Å². The minimum absolute atomic E-state index is 0.0597. The number of nitrogens with zero attached hydrogens (tertiary/aromatic N) is 4. The fourth-order valence-electron chi connectivity index (χ4n) is 2.71. The van der Waals surface area contributed by atoms with Crippen molar-refractivity contribution < 1.29 is 4.74 Å². The van der Waals surface area contributed by atoms with Crippen molar-refractivity contribution in [3.8, 4) is 5.75 Å². The fourth-order valence-corrected chi connectivity index (χ4v) is 2.71. The Labute approximate surface area is 155 Å². The van der Waals surface area contributed by atoms with E-state index < -0.39 is 0 Å². The van der Waals surface area contributed by atoms with Crippen molar-refractivity contribution in [2.24, 2.45) is 4.99 Å². The van der Waals surface area contributed by atoms with Crippen LogP contribution in [0.4, 0.5) is 0 Å². The lowest BCUT2D eigenvalue weighted by Gasteiger charge is -2.27. The van der Waals surface area contributed by atoms with Crippen LogP contribution in [-0.2, 0) is 18.4 Å². The molecule has 0 unspecified atom stereocenters. The van der Waals surface area contributed by atoms with Gasteiger partial charge in [-0.2, -0.15) is 0 Å². The molecule has 0 aliphatic heterocycles. The van der Waals surface area contributed by atoms with E-state index in [1.807, 2.05) is 12.1 Å². The number of hydrogen-bond donors (Lipinski definition) is 2. The summed E-state index contributed by atoms with van der Waals surface area (Å²) >= 11 is 0. The van der Waals surface area contributed by atoms with Gasteiger partial charge in [0.25, 0.3) is 0 Å². The van der Waals surface area contributed by atoms with Crippen LogP contribution in [0.5, 0.6) is 5.75 Å². The first-order valence-corrected chi connectivity index (χ1v) is 8.96. The molecule has 2 N–H and O–H groups in total. The molecule has 0 spiro atoms. The van der Waals surface area contributed by atoms with Gasteiger partial charge >= 0.3 is 0 Å². The molecule has 0 aliphatic rings. The van der Waals surface area contributed by atoms with Crippen molar-refractivity contribution in [3.63, 3.8) is 0 Å². The molecule has 0 radical (unpaired) electrons. The van der Waals surface area contributed by atoms with E-state index in [4.69, 9.17) is 4.74 Å². The number of ether oxygens (including phenoxy) is 1. The van der Waals surface area contributed by atoms with Gasteiger partial charge in [-0.1, -0.05) is 32.9 Å². The number of methoxy groups -OCH3 is 1. The van der Waals surface area contributed by atoms with Gasteiger partial charge in [-0.3, -0.25) is 4.99 Å². The zero-order valence-corrected chi connectivity index (χ0v) is 16.4. The molecule has 0 saturated heterocycles. The lowest BCUT2D eigenvalue weighted by Crippen LogP contribution is -2.44. The van der Waals surface area contributed by atoms with Crippen LogP contribution in [0.3, 0.4) is 0 Å². The number of aryl methyl sites for hydroxylation is 1. The summed E-state index contributed by atoms with van der Waals surface area (Å²) in [7, 11) is 3.47. The summed E-state index contributed by atoms with van der Waals surface area (Å²) in [6.45, 7) is 8.79. The Balaban J connectivity index is 1.87. The highest BCUT2D eigenvalue weighted by molar-refractivity contribution is 5.79. The van der Waals surface area contributed by atoms with E-state index in [0.717, 1.165) is 43.6 Å². The zero-order valence-electron chi connectivity index (χ0n) is 16.4. The van der Waals surface area contributed by atoms with Gasteiger partial charge in [0.05, 0.1) is 7.11 Å². The maximum absolute atomic E-state index is 5.34. The topological polar surface area (TPSA) is 76.4 Å². The molecule has 7 heteroatoms. The van der Waals surface area contributed by atoms with Crippen LogP contribution in [0, 0.1) is 0 Å². The highest BCUT2D eigenvalue weighted by Gasteiger charge is 2.21. The molecule has 2 aromatic rings. The van der Waals surface area contributed by atoms with Crippen LogP contribution in [0.2, 0.25) is 0 Å². The van der Waals surface area contributed by atoms with Gasteiger partial charge in [0.2, 0.25) is 0 Å². The fraction of sp³-hybridized carbons (Fsp3) is 0.526. The maximum Gasteiger partial charge on any atom is 0.191 e. The SMILES string of the molecule is CCc1nncn1CCNC(=NC)NCC(C)(C)c1cccc(OC)c1. The number of aliphatic imine (C=N–C) groups is 1. The third-order valence-corrected chi connectivity index (χ3v) is 4.43. The summed E-state index contributed by atoms with van der Waals surface area (Å²) < 4.78 is 7.39. The molecule has 26 heavy (non-hydrogen) atoms. The molecule has 7 nitrogen and oxygen atoms in total. The Morgan fingerprint density at radius 3 is 2.81 bits per heavy atom. The van der Waals surface area contributed by atoms with Crippen molar-refractivity contribution in [2.75, 3.05) is 27.2 Å². The minimum atomic E-state index is -0.0597. The van der Waals surface area contributed by atoms with E-state index in [9.17, 15) is 0 Å². The molecule has 142 valence electrons. The smallest absolute Gasteiger partial charge is 0.191 e. The quantitative estimate of drug-likeness (QED) is 0.557. The van der Waals surface area contributed by atoms with E-state index in [-0.39, 0.29) is 5.41 Å². The lowest BCUT2D eigenvalue weighted by atomic mass is 9.84. The average Bonchev–Trinajstić information content (AvgIpc) is 3.12. The maximum atomic E-state index is 5.34. The van der Waals surface area contributed by atoms with Gasteiger partial charge in [-0.25, -0.2) is 0 Å². The summed E-state index contributed by atoms with van der Waals surface area (Å²) in [6, 6.07) is 8.19. The van der Waals surface area contributed by atoms with Gasteiger partial charge in [0.15, 0.2) is 5.96 Å². The highest BCUT2D eigenvalue weighted by atomic mass is 16.5. The molecular formula is C19H30N6O. The summed E-state index contributed by atoms with van der Waals surface area (Å²) in [5, 5.41) is 14.8. The predicted octanol–water partition coefficient (Wildman–Crippen LogP) is 1.99. The number of aromatic nitrogens is 3. The second-order valence-electron chi connectivity index (χ2n) is 6.76. The largest absolute Gasteiger partial charge is 0.497 e. The van der Waals surface area contributed by atoms with E-state index in [0.29, 0.717) is 0 Å². The number of nitrogens with one attached hydrogen (secondary N) is 2. The molecule has 0 aliphatic carbocycles. The van der Waals surface area contributed by atoms with E-state index in [2.05, 4.69) is 63.3 Å².